The number of fused-ring (bicyclic) bond motifs is 3. The van der Waals surface area contributed by atoms with E-state index in [4.69, 9.17) is 0 Å². The van der Waals surface area contributed by atoms with Crippen LogP contribution in [0.5, 0.6) is 0 Å². The predicted octanol–water partition coefficient (Wildman–Crippen LogP) is 5.26. The lowest BCUT2D eigenvalue weighted by Gasteiger charge is -2.31. The van der Waals surface area contributed by atoms with Crippen LogP contribution < -0.4 is 0 Å². The molecule has 3 atom stereocenters. The maximum absolute atomic E-state index is 14.0. The van der Waals surface area contributed by atoms with Crippen molar-refractivity contribution in [2.45, 2.75) is 56.8 Å². The van der Waals surface area contributed by atoms with Gasteiger partial charge in [-0.2, -0.15) is 13.2 Å². The molecule has 0 N–H and O–H groups in total. The van der Waals surface area contributed by atoms with E-state index in [-0.39, 0.29) is 5.56 Å². The Morgan fingerprint density at radius 1 is 1.05 bits per heavy atom. The maximum Gasteiger partial charge on any atom is 0.426 e. The smallest absolute Gasteiger partial charge is 0.229 e. The van der Waals surface area contributed by atoms with Crippen LogP contribution in [0.4, 0.5) is 17.6 Å². The minimum absolute atomic E-state index is 0.264. The molecule has 0 amide bonds. The van der Waals surface area contributed by atoms with Gasteiger partial charge < -0.3 is 0 Å². The molecule has 0 aromatic heterocycles. The Balaban J connectivity index is 1.98. The van der Waals surface area contributed by atoms with Gasteiger partial charge in [-0.3, -0.25) is 0 Å². The minimum Gasteiger partial charge on any atom is -0.229 e. The Kier molecular flexibility index (Phi) is 3.11. The molecular formula is C16H18F4. The van der Waals surface area contributed by atoms with E-state index in [0.717, 1.165) is 30.4 Å². The molecule has 1 fully saturated rings. The molecule has 1 saturated carbocycles. The predicted molar refractivity (Wildman–Crippen MR) is 69.4 cm³/mol. The second-order valence-corrected chi connectivity index (χ2v) is 6.25. The fourth-order valence-corrected chi connectivity index (χ4v) is 3.77. The van der Waals surface area contributed by atoms with Crippen molar-refractivity contribution in [1.29, 1.82) is 0 Å². The zero-order valence-corrected chi connectivity index (χ0v) is 11.4. The lowest BCUT2D eigenvalue weighted by molar-refractivity contribution is -0.228. The van der Waals surface area contributed by atoms with Crippen molar-refractivity contribution in [1.82, 2.24) is 0 Å². The first kappa shape index (κ1) is 13.9. The number of aryl methyl sites for hydroxylation is 1. The van der Waals surface area contributed by atoms with Gasteiger partial charge in [-0.25, -0.2) is 4.39 Å². The van der Waals surface area contributed by atoms with Crippen LogP contribution in [0, 0.1) is 5.92 Å². The van der Waals surface area contributed by atoms with Crippen molar-refractivity contribution in [3.63, 3.8) is 0 Å². The van der Waals surface area contributed by atoms with Crippen LogP contribution in [-0.4, -0.2) is 6.18 Å². The van der Waals surface area contributed by atoms with Gasteiger partial charge >= 0.3 is 6.18 Å². The number of hydrogen-bond acceptors (Lipinski definition) is 0. The number of benzene rings is 1. The van der Waals surface area contributed by atoms with Crippen molar-refractivity contribution in [3.8, 4) is 0 Å². The number of hydrogen-bond donors (Lipinski definition) is 0. The third-order valence-electron chi connectivity index (χ3n) is 5.06. The van der Waals surface area contributed by atoms with E-state index < -0.39 is 11.8 Å². The van der Waals surface area contributed by atoms with E-state index in [1.165, 1.54) is 25.0 Å². The van der Waals surface area contributed by atoms with Crippen LogP contribution in [0.15, 0.2) is 18.2 Å². The van der Waals surface area contributed by atoms with Crippen LogP contribution in [0.1, 0.15) is 55.2 Å². The number of alkyl halides is 4. The normalized spacial score (nSPS) is 28.6. The van der Waals surface area contributed by atoms with Crippen molar-refractivity contribution in [3.05, 3.63) is 34.9 Å². The summed E-state index contributed by atoms with van der Waals surface area (Å²) in [5.41, 5.74) is -1.46. The Morgan fingerprint density at radius 2 is 1.80 bits per heavy atom. The lowest BCUT2D eigenvalue weighted by atomic mass is 9.76. The molecule has 2 aliphatic carbocycles. The molecule has 0 bridgehead atoms. The molecule has 4 heteroatoms. The highest BCUT2D eigenvalue weighted by atomic mass is 19.4. The zero-order valence-electron chi connectivity index (χ0n) is 11.4. The average molecular weight is 286 g/mol. The van der Waals surface area contributed by atoms with Gasteiger partial charge in [0.2, 0.25) is 5.67 Å². The number of rotatable bonds is 1. The molecular weight excluding hydrogens is 268 g/mol. The summed E-state index contributed by atoms with van der Waals surface area (Å²) >= 11 is 0. The summed E-state index contributed by atoms with van der Waals surface area (Å²) in [5, 5.41) is 0. The van der Waals surface area contributed by atoms with Crippen LogP contribution in [0.3, 0.4) is 0 Å². The van der Waals surface area contributed by atoms with Crippen LogP contribution >= 0.6 is 0 Å². The molecule has 20 heavy (non-hydrogen) atoms. The quantitative estimate of drug-likeness (QED) is 0.617. The molecule has 0 radical (unpaired) electrons. The van der Waals surface area contributed by atoms with Gasteiger partial charge in [-0.1, -0.05) is 24.6 Å². The number of halogens is 4. The molecule has 0 nitrogen and oxygen atoms in total. The van der Waals surface area contributed by atoms with Gasteiger partial charge in [-0.15, -0.1) is 0 Å². The second kappa shape index (κ2) is 4.47. The van der Waals surface area contributed by atoms with E-state index in [0.29, 0.717) is 18.8 Å². The van der Waals surface area contributed by atoms with E-state index in [9.17, 15) is 17.6 Å². The summed E-state index contributed by atoms with van der Waals surface area (Å²) in [6, 6.07) is 4.50. The Hall–Kier alpha value is -1.06. The summed E-state index contributed by atoms with van der Waals surface area (Å²) in [6.45, 7) is 0.607. The highest BCUT2D eigenvalue weighted by Gasteiger charge is 2.53. The second-order valence-electron chi connectivity index (χ2n) is 6.25. The van der Waals surface area contributed by atoms with Gasteiger partial charge in [-0.05, 0) is 61.1 Å². The third kappa shape index (κ3) is 2.04. The van der Waals surface area contributed by atoms with Gasteiger partial charge in [0.15, 0.2) is 0 Å². The standard InChI is InChI=1S/C16H18F4/c1-15(17,16(18,19)20)12-7-8-14-11(9-12)6-5-10-3-2-4-13(10)14/h7-10,13H,2-6H2,1H3. The first-order valence-electron chi connectivity index (χ1n) is 7.19. The van der Waals surface area contributed by atoms with E-state index in [1.807, 2.05) is 0 Å². The van der Waals surface area contributed by atoms with Crippen molar-refractivity contribution >= 4 is 0 Å². The first-order valence-corrected chi connectivity index (χ1v) is 7.19. The van der Waals surface area contributed by atoms with Crippen LogP contribution in [-0.2, 0) is 12.1 Å². The molecule has 0 spiro atoms. The zero-order chi connectivity index (χ0) is 14.5. The summed E-state index contributed by atoms with van der Waals surface area (Å²) in [4.78, 5) is 0. The minimum atomic E-state index is -4.87. The summed E-state index contributed by atoms with van der Waals surface area (Å²) < 4.78 is 52.4. The van der Waals surface area contributed by atoms with E-state index in [1.54, 1.807) is 6.07 Å². The summed E-state index contributed by atoms with van der Waals surface area (Å²) in [6.07, 6.45) is 0.457. The molecule has 0 aliphatic heterocycles. The highest BCUT2D eigenvalue weighted by molar-refractivity contribution is 5.40. The van der Waals surface area contributed by atoms with Gasteiger partial charge in [0.05, 0.1) is 0 Å². The topological polar surface area (TPSA) is 0 Å². The molecule has 110 valence electrons. The monoisotopic (exact) mass is 286 g/mol. The highest BCUT2D eigenvalue weighted by Crippen LogP contribution is 2.48. The maximum atomic E-state index is 14.0. The first-order chi connectivity index (χ1) is 9.30. The van der Waals surface area contributed by atoms with Gasteiger partial charge in [0, 0.05) is 0 Å². The van der Waals surface area contributed by atoms with Crippen molar-refractivity contribution < 1.29 is 17.6 Å². The van der Waals surface area contributed by atoms with E-state index >= 15 is 0 Å². The fourth-order valence-electron chi connectivity index (χ4n) is 3.77. The van der Waals surface area contributed by atoms with E-state index in [2.05, 4.69) is 0 Å². The molecule has 3 unspecified atom stereocenters. The van der Waals surface area contributed by atoms with Crippen molar-refractivity contribution in [2.24, 2.45) is 5.92 Å². The molecule has 1 aromatic carbocycles. The largest absolute Gasteiger partial charge is 0.426 e. The molecule has 0 heterocycles. The van der Waals surface area contributed by atoms with Gasteiger partial charge in [0.25, 0.3) is 0 Å². The van der Waals surface area contributed by atoms with Crippen molar-refractivity contribution in [2.75, 3.05) is 0 Å². The average Bonchev–Trinajstić information content (AvgIpc) is 2.85. The molecule has 0 saturated heterocycles. The Bertz CT molecular complexity index is 516. The lowest BCUT2D eigenvalue weighted by Crippen LogP contribution is -2.35. The third-order valence-corrected chi connectivity index (χ3v) is 5.06. The Labute approximate surface area is 116 Å². The SMILES string of the molecule is CC(F)(c1ccc2c(c1)CCC1CCCC21)C(F)(F)F. The molecule has 2 aliphatic rings. The van der Waals surface area contributed by atoms with Crippen LogP contribution in [0.2, 0.25) is 0 Å². The van der Waals surface area contributed by atoms with Crippen LogP contribution in [0.25, 0.3) is 0 Å². The summed E-state index contributed by atoms with van der Waals surface area (Å²) in [5.74, 6) is 1.15. The molecule has 1 aromatic rings. The fraction of sp³-hybridized carbons (Fsp3) is 0.625. The van der Waals surface area contributed by atoms with Gasteiger partial charge in [0.1, 0.15) is 0 Å². The Morgan fingerprint density at radius 3 is 2.50 bits per heavy atom. The summed E-state index contributed by atoms with van der Waals surface area (Å²) in [7, 11) is 0. The molecule has 3 rings (SSSR count).